The minimum Gasteiger partial charge on any atom is -0.355 e. The molecule has 1 aromatic heterocycles. The summed E-state index contributed by atoms with van der Waals surface area (Å²) in [6.45, 7) is 0. The molecule has 1 amide bonds. The third kappa shape index (κ3) is 2.06. The predicted octanol–water partition coefficient (Wildman–Crippen LogP) is 1.45. The number of amides is 1. The summed E-state index contributed by atoms with van der Waals surface area (Å²) in [5.41, 5.74) is -1.94. The number of carbonyl (C=O) groups excluding carboxylic acids is 1. The Bertz CT molecular complexity index is 399. The third-order valence-corrected chi connectivity index (χ3v) is 2.13. The number of nitrogens with one attached hydrogen (secondary N) is 1. The van der Waals surface area contributed by atoms with Crippen LogP contribution in [0.25, 0.3) is 0 Å². The Balaban J connectivity index is 3.40. The number of carbonyl (C=O) groups is 1. The van der Waals surface area contributed by atoms with Crippen LogP contribution in [-0.4, -0.2) is 22.7 Å². The Kier molecular flexibility index (Phi) is 2.94. The molecule has 8 heteroatoms. The van der Waals surface area contributed by atoms with Crippen LogP contribution in [0, 0.1) is 0 Å². The first-order valence-corrected chi connectivity index (χ1v) is 4.18. The summed E-state index contributed by atoms with van der Waals surface area (Å²) in [5, 5.41) is 4.87. The van der Waals surface area contributed by atoms with Gasteiger partial charge in [-0.25, -0.2) is 0 Å². The van der Waals surface area contributed by atoms with E-state index in [1.165, 1.54) is 14.1 Å². The van der Waals surface area contributed by atoms with Crippen molar-refractivity contribution in [1.29, 1.82) is 0 Å². The number of nitrogens with zero attached hydrogens (tertiary/aromatic N) is 2. The molecule has 0 bridgehead atoms. The molecule has 0 radical (unpaired) electrons. The molecule has 15 heavy (non-hydrogen) atoms. The van der Waals surface area contributed by atoms with Crippen molar-refractivity contribution in [2.24, 2.45) is 7.05 Å². The lowest BCUT2D eigenvalue weighted by Gasteiger charge is -2.04. The average Bonchev–Trinajstić information content (AvgIpc) is 2.42. The van der Waals surface area contributed by atoms with Gasteiger partial charge in [-0.2, -0.15) is 18.3 Å². The molecule has 0 aliphatic rings. The van der Waals surface area contributed by atoms with Crippen molar-refractivity contribution in [2.75, 3.05) is 7.05 Å². The molecule has 0 aliphatic heterocycles. The van der Waals surface area contributed by atoms with Crippen molar-refractivity contribution in [2.45, 2.75) is 6.18 Å². The van der Waals surface area contributed by atoms with Crippen LogP contribution in [-0.2, 0) is 13.2 Å². The summed E-state index contributed by atoms with van der Waals surface area (Å²) < 4.78 is 38.1. The predicted molar refractivity (Wildman–Crippen MR) is 46.6 cm³/mol. The van der Waals surface area contributed by atoms with Gasteiger partial charge < -0.3 is 5.32 Å². The molecule has 84 valence electrons. The van der Waals surface area contributed by atoms with Crippen LogP contribution in [0.2, 0.25) is 5.15 Å². The van der Waals surface area contributed by atoms with E-state index in [-0.39, 0.29) is 5.15 Å². The molecular weight excluding hydrogens is 235 g/mol. The summed E-state index contributed by atoms with van der Waals surface area (Å²) in [4.78, 5) is 11.2. The van der Waals surface area contributed by atoms with E-state index in [1.54, 1.807) is 0 Å². The second-order valence-corrected chi connectivity index (χ2v) is 3.07. The molecule has 0 unspecified atom stereocenters. The number of alkyl halides is 3. The number of rotatable bonds is 1. The van der Waals surface area contributed by atoms with Crippen LogP contribution in [0.5, 0.6) is 0 Å². The van der Waals surface area contributed by atoms with E-state index in [4.69, 9.17) is 11.6 Å². The second kappa shape index (κ2) is 3.73. The monoisotopic (exact) mass is 241 g/mol. The van der Waals surface area contributed by atoms with Crippen LogP contribution in [0.4, 0.5) is 13.2 Å². The SMILES string of the molecule is CNC(=O)c1c(C(F)(F)F)nn(C)c1Cl. The van der Waals surface area contributed by atoms with E-state index in [1.807, 2.05) is 0 Å². The number of aromatic nitrogens is 2. The van der Waals surface area contributed by atoms with Crippen molar-refractivity contribution >= 4 is 17.5 Å². The summed E-state index contributed by atoms with van der Waals surface area (Å²) in [5.74, 6) is -0.916. The molecule has 0 spiro atoms. The van der Waals surface area contributed by atoms with E-state index >= 15 is 0 Å². The molecule has 4 nitrogen and oxygen atoms in total. The van der Waals surface area contributed by atoms with Gasteiger partial charge >= 0.3 is 6.18 Å². The Hall–Kier alpha value is -1.24. The smallest absolute Gasteiger partial charge is 0.355 e. The highest BCUT2D eigenvalue weighted by molar-refractivity contribution is 6.33. The summed E-state index contributed by atoms with van der Waals surface area (Å²) >= 11 is 5.53. The molecule has 1 rings (SSSR count). The van der Waals surface area contributed by atoms with Gasteiger partial charge in [0.15, 0.2) is 5.69 Å². The maximum atomic E-state index is 12.4. The van der Waals surface area contributed by atoms with Gasteiger partial charge in [-0.05, 0) is 0 Å². The van der Waals surface area contributed by atoms with Gasteiger partial charge in [0.25, 0.3) is 5.91 Å². The largest absolute Gasteiger partial charge is 0.436 e. The molecular formula is C7H7ClF3N3O. The molecule has 1 aromatic rings. The molecule has 0 atom stereocenters. The standard InChI is InChI=1S/C7H7ClF3N3O/c1-12-6(15)3-4(7(9,10)11)13-14(2)5(3)8/h1-2H3,(H,12,15). The Labute approximate surface area is 88.0 Å². The van der Waals surface area contributed by atoms with Crippen LogP contribution in [0.1, 0.15) is 16.1 Å². The maximum Gasteiger partial charge on any atom is 0.436 e. The summed E-state index contributed by atoms with van der Waals surface area (Å²) in [6.07, 6.45) is -4.70. The first kappa shape index (κ1) is 11.8. The first-order valence-electron chi connectivity index (χ1n) is 3.80. The number of halogens is 4. The fourth-order valence-corrected chi connectivity index (χ4v) is 1.24. The van der Waals surface area contributed by atoms with Crippen LogP contribution in [0.3, 0.4) is 0 Å². The van der Waals surface area contributed by atoms with Gasteiger partial charge in [0.1, 0.15) is 10.7 Å². The highest BCUT2D eigenvalue weighted by atomic mass is 35.5. The Morgan fingerprint density at radius 3 is 2.47 bits per heavy atom. The van der Waals surface area contributed by atoms with Gasteiger partial charge in [-0.3, -0.25) is 9.48 Å². The van der Waals surface area contributed by atoms with Crippen molar-refractivity contribution in [3.05, 3.63) is 16.4 Å². The minimum absolute atomic E-state index is 0.346. The van der Waals surface area contributed by atoms with E-state index in [2.05, 4.69) is 10.4 Å². The number of hydrogen-bond donors (Lipinski definition) is 1. The fraction of sp³-hybridized carbons (Fsp3) is 0.429. The third-order valence-electron chi connectivity index (χ3n) is 1.70. The van der Waals surface area contributed by atoms with Crippen molar-refractivity contribution in [1.82, 2.24) is 15.1 Å². The van der Waals surface area contributed by atoms with Gasteiger partial charge in [0.05, 0.1) is 0 Å². The lowest BCUT2D eigenvalue weighted by atomic mass is 10.2. The van der Waals surface area contributed by atoms with Gasteiger partial charge in [0.2, 0.25) is 0 Å². The van der Waals surface area contributed by atoms with Crippen molar-refractivity contribution < 1.29 is 18.0 Å². The van der Waals surface area contributed by atoms with Crippen molar-refractivity contribution in [3.8, 4) is 0 Å². The van der Waals surface area contributed by atoms with E-state index in [9.17, 15) is 18.0 Å². The number of hydrogen-bond acceptors (Lipinski definition) is 2. The van der Waals surface area contributed by atoms with E-state index in [0.717, 1.165) is 4.68 Å². The van der Waals surface area contributed by atoms with E-state index < -0.39 is 23.3 Å². The molecule has 0 aromatic carbocycles. The van der Waals surface area contributed by atoms with Crippen LogP contribution >= 0.6 is 11.6 Å². The zero-order valence-corrected chi connectivity index (χ0v) is 8.57. The van der Waals surface area contributed by atoms with Crippen molar-refractivity contribution in [3.63, 3.8) is 0 Å². The second-order valence-electron chi connectivity index (χ2n) is 2.71. The summed E-state index contributed by atoms with van der Waals surface area (Å²) in [6, 6.07) is 0. The zero-order chi connectivity index (χ0) is 11.8. The molecule has 0 fully saturated rings. The minimum atomic E-state index is -4.70. The van der Waals surface area contributed by atoms with Crippen LogP contribution in [0.15, 0.2) is 0 Å². The number of aryl methyl sites for hydroxylation is 1. The fourth-order valence-electron chi connectivity index (χ4n) is 1.03. The maximum absolute atomic E-state index is 12.4. The normalized spacial score (nSPS) is 11.6. The lowest BCUT2D eigenvalue weighted by Crippen LogP contribution is -2.22. The van der Waals surface area contributed by atoms with Gasteiger partial charge in [-0.15, -0.1) is 0 Å². The van der Waals surface area contributed by atoms with Gasteiger partial charge in [-0.1, -0.05) is 11.6 Å². The lowest BCUT2D eigenvalue weighted by molar-refractivity contribution is -0.141. The Morgan fingerprint density at radius 1 is 1.53 bits per heavy atom. The summed E-state index contributed by atoms with van der Waals surface area (Å²) in [7, 11) is 2.44. The van der Waals surface area contributed by atoms with E-state index in [0.29, 0.717) is 0 Å². The Morgan fingerprint density at radius 2 is 2.07 bits per heavy atom. The zero-order valence-electron chi connectivity index (χ0n) is 7.81. The average molecular weight is 242 g/mol. The topological polar surface area (TPSA) is 46.9 Å². The first-order chi connectivity index (χ1) is 6.79. The molecule has 1 heterocycles. The molecule has 0 aliphatic carbocycles. The van der Waals surface area contributed by atoms with Crippen LogP contribution < -0.4 is 5.32 Å². The molecule has 1 N–H and O–H groups in total. The highest BCUT2D eigenvalue weighted by Crippen LogP contribution is 2.33. The van der Waals surface area contributed by atoms with Gasteiger partial charge in [0, 0.05) is 14.1 Å². The highest BCUT2D eigenvalue weighted by Gasteiger charge is 2.40. The molecule has 0 saturated carbocycles. The molecule has 0 saturated heterocycles. The quantitative estimate of drug-likeness (QED) is 0.809.